The summed E-state index contributed by atoms with van der Waals surface area (Å²) in [5.41, 5.74) is 11.1. The van der Waals surface area contributed by atoms with Gasteiger partial charge in [-0.1, -0.05) is 24.3 Å². The summed E-state index contributed by atoms with van der Waals surface area (Å²) in [5.74, 6) is 2.30. The Balaban J connectivity index is 1.59. The van der Waals surface area contributed by atoms with Gasteiger partial charge in [-0.2, -0.15) is 4.98 Å². The maximum absolute atomic E-state index is 6.14. The monoisotopic (exact) mass is 335 g/mol. The number of rotatable bonds is 1. The predicted octanol–water partition coefficient (Wildman–Crippen LogP) is 2.40. The van der Waals surface area contributed by atoms with Crippen molar-refractivity contribution in [3.8, 4) is 11.3 Å². The third-order valence-corrected chi connectivity index (χ3v) is 6.13. The maximum atomic E-state index is 6.14. The Morgan fingerprint density at radius 2 is 2.04 bits per heavy atom. The van der Waals surface area contributed by atoms with Crippen molar-refractivity contribution in [2.75, 3.05) is 30.3 Å². The van der Waals surface area contributed by atoms with Gasteiger partial charge < -0.3 is 16.0 Å². The highest BCUT2D eigenvalue weighted by atomic mass is 15.2. The molecule has 5 nitrogen and oxygen atoms in total. The fraction of sp³-hybridized carbons (Fsp3) is 0.500. The molecule has 2 aliphatic heterocycles. The second kappa shape index (κ2) is 5.99. The molecule has 5 rings (SSSR count). The van der Waals surface area contributed by atoms with Crippen LogP contribution in [0.5, 0.6) is 0 Å². The van der Waals surface area contributed by atoms with E-state index in [1.807, 2.05) is 0 Å². The zero-order valence-electron chi connectivity index (χ0n) is 14.5. The van der Waals surface area contributed by atoms with Crippen LogP contribution in [-0.2, 0) is 12.8 Å². The Bertz CT molecular complexity index is 803. The van der Waals surface area contributed by atoms with Crippen LogP contribution in [0.25, 0.3) is 11.3 Å². The molecular weight excluding hydrogens is 310 g/mol. The lowest BCUT2D eigenvalue weighted by molar-refractivity contribution is 0.372. The summed E-state index contributed by atoms with van der Waals surface area (Å²) < 4.78 is 0. The maximum Gasteiger partial charge on any atom is 0.222 e. The molecule has 25 heavy (non-hydrogen) atoms. The first-order valence-electron chi connectivity index (χ1n) is 9.52. The summed E-state index contributed by atoms with van der Waals surface area (Å²) in [4.78, 5) is 11.8. The lowest BCUT2D eigenvalue weighted by Crippen LogP contribution is -2.47. The quantitative estimate of drug-likeness (QED) is 0.838. The number of nitrogens with two attached hydrogens (primary N) is 1. The summed E-state index contributed by atoms with van der Waals surface area (Å²) >= 11 is 0. The summed E-state index contributed by atoms with van der Waals surface area (Å²) in [6, 6.07) is 9.21. The van der Waals surface area contributed by atoms with Crippen molar-refractivity contribution in [1.29, 1.82) is 0 Å². The molecule has 0 spiro atoms. The van der Waals surface area contributed by atoms with Gasteiger partial charge in [0.2, 0.25) is 5.95 Å². The van der Waals surface area contributed by atoms with Gasteiger partial charge >= 0.3 is 0 Å². The number of hydrogen-bond acceptors (Lipinski definition) is 5. The van der Waals surface area contributed by atoms with Crippen molar-refractivity contribution in [3.05, 3.63) is 35.4 Å². The zero-order valence-corrected chi connectivity index (χ0v) is 14.5. The molecule has 1 aromatic heterocycles. The molecule has 2 saturated heterocycles. The Kier molecular flexibility index (Phi) is 3.63. The topological polar surface area (TPSA) is 67.1 Å². The lowest BCUT2D eigenvalue weighted by atomic mass is 9.92. The minimum atomic E-state index is 0.395. The Morgan fingerprint density at radius 1 is 1.12 bits per heavy atom. The largest absolute Gasteiger partial charge is 0.368 e. The molecule has 0 saturated carbocycles. The molecule has 2 fully saturated rings. The molecule has 2 aromatic rings. The first kappa shape index (κ1) is 15.1. The Hall–Kier alpha value is -2.14. The van der Waals surface area contributed by atoms with E-state index in [-0.39, 0.29) is 0 Å². The van der Waals surface area contributed by atoms with E-state index in [1.165, 1.54) is 29.5 Å². The van der Waals surface area contributed by atoms with Crippen LogP contribution in [0.3, 0.4) is 0 Å². The summed E-state index contributed by atoms with van der Waals surface area (Å²) in [5, 5.41) is 3.66. The van der Waals surface area contributed by atoms with Crippen LogP contribution >= 0.6 is 0 Å². The van der Waals surface area contributed by atoms with Crippen molar-refractivity contribution in [2.24, 2.45) is 5.92 Å². The highest BCUT2D eigenvalue weighted by molar-refractivity contribution is 5.74. The molecule has 0 amide bonds. The molecule has 1 aliphatic carbocycles. The van der Waals surface area contributed by atoms with Gasteiger partial charge in [-0.25, -0.2) is 4.98 Å². The first-order chi connectivity index (χ1) is 12.3. The van der Waals surface area contributed by atoms with Crippen LogP contribution < -0.4 is 16.0 Å². The Morgan fingerprint density at radius 3 is 3.00 bits per heavy atom. The van der Waals surface area contributed by atoms with Crippen LogP contribution in [0, 0.1) is 5.92 Å². The minimum Gasteiger partial charge on any atom is -0.368 e. The molecule has 5 heteroatoms. The summed E-state index contributed by atoms with van der Waals surface area (Å²) in [6.45, 7) is 3.27. The van der Waals surface area contributed by atoms with Gasteiger partial charge in [0.25, 0.3) is 0 Å². The van der Waals surface area contributed by atoms with Crippen LogP contribution in [0.1, 0.15) is 30.4 Å². The van der Waals surface area contributed by atoms with E-state index in [9.17, 15) is 0 Å². The number of fused-ring (bicyclic) bond motifs is 4. The average molecular weight is 335 g/mol. The number of nitrogens with zero attached hydrogens (tertiary/aromatic N) is 3. The molecule has 3 N–H and O–H groups in total. The predicted molar refractivity (Wildman–Crippen MR) is 101 cm³/mol. The van der Waals surface area contributed by atoms with Crippen molar-refractivity contribution in [3.63, 3.8) is 0 Å². The number of nitrogens with one attached hydrogen (secondary N) is 1. The van der Waals surface area contributed by atoms with Gasteiger partial charge in [0, 0.05) is 30.3 Å². The van der Waals surface area contributed by atoms with Gasteiger partial charge in [-0.3, -0.25) is 0 Å². The number of aryl methyl sites for hydroxylation is 1. The number of hydrogen-bond donors (Lipinski definition) is 2. The van der Waals surface area contributed by atoms with Crippen molar-refractivity contribution in [1.82, 2.24) is 15.3 Å². The second-order valence-electron chi connectivity index (χ2n) is 7.59. The molecule has 130 valence electrons. The number of anilines is 2. The van der Waals surface area contributed by atoms with Crippen LogP contribution in [0.15, 0.2) is 24.3 Å². The van der Waals surface area contributed by atoms with E-state index in [0.29, 0.717) is 12.0 Å². The van der Waals surface area contributed by atoms with Gasteiger partial charge in [-0.05, 0) is 50.1 Å². The van der Waals surface area contributed by atoms with Crippen LogP contribution in [-0.4, -0.2) is 35.6 Å². The van der Waals surface area contributed by atoms with Gasteiger partial charge in [0.1, 0.15) is 5.82 Å². The minimum absolute atomic E-state index is 0.395. The molecule has 2 unspecified atom stereocenters. The van der Waals surface area contributed by atoms with Crippen molar-refractivity contribution < 1.29 is 0 Å². The highest BCUT2D eigenvalue weighted by Crippen LogP contribution is 2.37. The molecule has 2 atom stereocenters. The number of piperidine rings is 1. The number of aromatic nitrogens is 2. The first-order valence-corrected chi connectivity index (χ1v) is 9.52. The molecule has 3 heterocycles. The fourth-order valence-corrected chi connectivity index (χ4v) is 4.85. The Labute approximate surface area is 148 Å². The van der Waals surface area contributed by atoms with Gasteiger partial charge in [0.15, 0.2) is 0 Å². The van der Waals surface area contributed by atoms with E-state index in [1.54, 1.807) is 0 Å². The van der Waals surface area contributed by atoms with E-state index in [4.69, 9.17) is 10.7 Å². The number of nitrogen functional groups attached to an aromatic ring is 1. The fourth-order valence-electron chi connectivity index (χ4n) is 4.85. The van der Waals surface area contributed by atoms with Gasteiger partial charge in [-0.15, -0.1) is 0 Å². The standard InChI is InChI=1S/C20H25N5/c21-20-23-18-15-6-2-1-4-13(15)5-3-7-16(18)19(24-20)25-11-9-14-8-10-22-17(14)12-25/h1-2,4,6,14,17,22H,3,5,7-12H2,(H2,21,23,24). The number of benzene rings is 1. The third kappa shape index (κ3) is 2.58. The lowest BCUT2D eigenvalue weighted by Gasteiger charge is -2.36. The normalized spacial score (nSPS) is 25.0. The van der Waals surface area contributed by atoms with Crippen molar-refractivity contribution in [2.45, 2.75) is 38.1 Å². The van der Waals surface area contributed by atoms with E-state index >= 15 is 0 Å². The van der Waals surface area contributed by atoms with E-state index in [2.05, 4.69) is 39.5 Å². The molecule has 0 radical (unpaired) electrons. The summed E-state index contributed by atoms with van der Waals surface area (Å²) in [6.07, 6.45) is 5.82. The highest BCUT2D eigenvalue weighted by Gasteiger charge is 2.34. The smallest absolute Gasteiger partial charge is 0.222 e. The second-order valence-corrected chi connectivity index (χ2v) is 7.59. The SMILES string of the molecule is Nc1nc2c(c(N3CCC4CCNC4C3)n1)CCCc1ccccc1-2. The average Bonchev–Trinajstić information content (AvgIpc) is 3.02. The molecular formula is C20H25N5. The molecule has 0 bridgehead atoms. The van der Waals surface area contributed by atoms with E-state index < -0.39 is 0 Å². The van der Waals surface area contributed by atoms with Crippen LogP contribution in [0.2, 0.25) is 0 Å². The molecule has 3 aliphatic rings. The van der Waals surface area contributed by atoms with E-state index in [0.717, 1.165) is 56.3 Å². The summed E-state index contributed by atoms with van der Waals surface area (Å²) in [7, 11) is 0. The van der Waals surface area contributed by atoms with Crippen LogP contribution in [0.4, 0.5) is 11.8 Å². The zero-order chi connectivity index (χ0) is 16.8. The molecule has 1 aromatic carbocycles. The third-order valence-electron chi connectivity index (χ3n) is 6.13. The van der Waals surface area contributed by atoms with Gasteiger partial charge in [0.05, 0.1) is 5.69 Å². The van der Waals surface area contributed by atoms with Crippen molar-refractivity contribution >= 4 is 11.8 Å².